The van der Waals surface area contributed by atoms with Crippen molar-refractivity contribution in [1.29, 1.82) is 0 Å². The first-order chi connectivity index (χ1) is 7.36. The predicted molar refractivity (Wildman–Crippen MR) is 70.6 cm³/mol. The van der Waals surface area contributed by atoms with Crippen LogP contribution in [0.25, 0.3) is 0 Å². The van der Waals surface area contributed by atoms with Crippen LogP contribution in [0.4, 0.5) is 0 Å². The molecule has 0 aliphatic carbocycles. The van der Waals surface area contributed by atoms with E-state index >= 15 is 0 Å². The van der Waals surface area contributed by atoms with Gasteiger partial charge in [0.15, 0.2) is 0 Å². The third kappa shape index (κ3) is 3.44. The maximum atomic E-state index is 5.98. The Bertz CT molecular complexity index is 208. The molecule has 1 rings (SSSR count). The van der Waals surface area contributed by atoms with Gasteiger partial charge in [-0.2, -0.15) is 0 Å². The SMILES string of the molecule is CN(C)CC1CCCN1C(CN)C(C)(C)C. The molecule has 96 valence electrons. The molecule has 1 aliphatic rings. The molecule has 2 N–H and O–H groups in total. The highest BCUT2D eigenvalue weighted by atomic mass is 15.3. The summed E-state index contributed by atoms with van der Waals surface area (Å²) in [6.45, 7) is 10.1. The number of nitrogens with two attached hydrogens (primary N) is 1. The van der Waals surface area contributed by atoms with E-state index in [2.05, 4.69) is 44.7 Å². The Morgan fingerprint density at radius 2 is 2.00 bits per heavy atom. The van der Waals surface area contributed by atoms with Gasteiger partial charge < -0.3 is 10.6 Å². The van der Waals surface area contributed by atoms with E-state index in [-0.39, 0.29) is 5.41 Å². The van der Waals surface area contributed by atoms with Gasteiger partial charge in [-0.1, -0.05) is 20.8 Å². The molecule has 0 aromatic rings. The van der Waals surface area contributed by atoms with Crippen molar-refractivity contribution in [2.75, 3.05) is 33.7 Å². The lowest BCUT2D eigenvalue weighted by molar-refractivity contribution is 0.0810. The van der Waals surface area contributed by atoms with Crippen LogP contribution in [0.1, 0.15) is 33.6 Å². The Labute approximate surface area is 101 Å². The molecule has 3 heteroatoms. The van der Waals surface area contributed by atoms with Gasteiger partial charge in [-0.15, -0.1) is 0 Å². The third-order valence-electron chi connectivity index (χ3n) is 3.62. The summed E-state index contributed by atoms with van der Waals surface area (Å²) in [5.74, 6) is 0. The number of rotatable bonds is 4. The molecule has 0 spiro atoms. The summed E-state index contributed by atoms with van der Waals surface area (Å²) < 4.78 is 0. The average molecular weight is 227 g/mol. The third-order valence-corrected chi connectivity index (χ3v) is 3.62. The minimum atomic E-state index is 0.281. The van der Waals surface area contributed by atoms with Gasteiger partial charge in [0, 0.05) is 25.2 Å². The van der Waals surface area contributed by atoms with Gasteiger partial charge in [-0.05, 0) is 38.9 Å². The zero-order chi connectivity index (χ0) is 12.3. The van der Waals surface area contributed by atoms with E-state index in [0.717, 1.165) is 13.1 Å². The minimum absolute atomic E-state index is 0.281. The zero-order valence-corrected chi connectivity index (χ0v) is 11.7. The van der Waals surface area contributed by atoms with Crippen molar-refractivity contribution in [2.24, 2.45) is 11.1 Å². The van der Waals surface area contributed by atoms with E-state index in [9.17, 15) is 0 Å². The molecule has 2 unspecified atom stereocenters. The maximum Gasteiger partial charge on any atom is 0.0270 e. The molecule has 0 aromatic heterocycles. The molecule has 1 aliphatic heterocycles. The molecule has 0 amide bonds. The fourth-order valence-corrected chi connectivity index (χ4v) is 2.87. The van der Waals surface area contributed by atoms with Crippen LogP contribution in [-0.2, 0) is 0 Å². The van der Waals surface area contributed by atoms with Crippen LogP contribution < -0.4 is 5.73 Å². The quantitative estimate of drug-likeness (QED) is 0.788. The smallest absolute Gasteiger partial charge is 0.0270 e. The highest BCUT2D eigenvalue weighted by Gasteiger charge is 2.36. The molecule has 0 aromatic carbocycles. The van der Waals surface area contributed by atoms with E-state index in [4.69, 9.17) is 5.73 Å². The Balaban J connectivity index is 2.68. The lowest BCUT2D eigenvalue weighted by Crippen LogP contribution is -2.52. The van der Waals surface area contributed by atoms with E-state index in [0.29, 0.717) is 12.1 Å². The predicted octanol–water partition coefficient (Wildman–Crippen LogP) is 1.39. The Morgan fingerprint density at radius 1 is 1.38 bits per heavy atom. The topological polar surface area (TPSA) is 32.5 Å². The molecule has 2 atom stereocenters. The van der Waals surface area contributed by atoms with Crippen LogP contribution in [0.2, 0.25) is 0 Å². The molecule has 3 nitrogen and oxygen atoms in total. The maximum absolute atomic E-state index is 5.98. The molecule has 0 bridgehead atoms. The fourth-order valence-electron chi connectivity index (χ4n) is 2.87. The number of nitrogens with zero attached hydrogens (tertiary/aromatic N) is 2. The van der Waals surface area contributed by atoms with Crippen LogP contribution in [-0.4, -0.2) is 55.6 Å². The van der Waals surface area contributed by atoms with Crippen molar-refractivity contribution in [1.82, 2.24) is 9.80 Å². The van der Waals surface area contributed by atoms with E-state index < -0.39 is 0 Å². The molecule has 16 heavy (non-hydrogen) atoms. The largest absolute Gasteiger partial charge is 0.329 e. The zero-order valence-electron chi connectivity index (χ0n) is 11.7. The van der Waals surface area contributed by atoms with E-state index in [1.54, 1.807) is 0 Å². The van der Waals surface area contributed by atoms with Crippen LogP contribution in [0.5, 0.6) is 0 Å². The molecule has 1 saturated heterocycles. The summed E-state index contributed by atoms with van der Waals surface area (Å²) in [7, 11) is 4.32. The Kier molecular flexibility index (Phi) is 4.77. The summed E-state index contributed by atoms with van der Waals surface area (Å²) >= 11 is 0. The van der Waals surface area contributed by atoms with Crippen LogP contribution in [0, 0.1) is 5.41 Å². The van der Waals surface area contributed by atoms with Crippen molar-refractivity contribution >= 4 is 0 Å². The number of likely N-dealkylation sites (tertiary alicyclic amines) is 1. The summed E-state index contributed by atoms with van der Waals surface area (Å²) in [6, 6.07) is 1.21. The van der Waals surface area contributed by atoms with Gasteiger partial charge in [-0.25, -0.2) is 0 Å². The van der Waals surface area contributed by atoms with Gasteiger partial charge in [0.05, 0.1) is 0 Å². The second kappa shape index (κ2) is 5.48. The molecular formula is C13H29N3. The fraction of sp³-hybridized carbons (Fsp3) is 1.00. The molecule has 1 fully saturated rings. The number of likely N-dealkylation sites (N-methyl/N-ethyl adjacent to an activating group) is 1. The van der Waals surface area contributed by atoms with E-state index in [1.165, 1.54) is 19.4 Å². The first-order valence-corrected chi connectivity index (χ1v) is 6.46. The normalized spacial score (nSPS) is 25.3. The Hall–Kier alpha value is -0.120. The summed E-state index contributed by atoms with van der Waals surface area (Å²) in [4.78, 5) is 4.93. The van der Waals surface area contributed by atoms with Gasteiger partial charge in [0.1, 0.15) is 0 Å². The second-order valence-electron chi connectivity index (χ2n) is 6.41. The molecule has 0 radical (unpaired) electrons. The van der Waals surface area contributed by atoms with Gasteiger partial charge in [-0.3, -0.25) is 4.90 Å². The molecule has 0 saturated carbocycles. The highest BCUT2D eigenvalue weighted by Crippen LogP contribution is 2.30. The first kappa shape index (κ1) is 13.9. The standard InChI is InChI=1S/C13H29N3/c1-13(2,3)12(9-14)16-8-6-7-11(16)10-15(4)5/h11-12H,6-10,14H2,1-5H3. The minimum Gasteiger partial charge on any atom is -0.329 e. The molecular weight excluding hydrogens is 198 g/mol. The average Bonchev–Trinajstić information content (AvgIpc) is 2.51. The second-order valence-corrected chi connectivity index (χ2v) is 6.41. The van der Waals surface area contributed by atoms with Crippen molar-refractivity contribution in [3.8, 4) is 0 Å². The lowest BCUT2D eigenvalue weighted by Gasteiger charge is -2.41. The van der Waals surface area contributed by atoms with Gasteiger partial charge >= 0.3 is 0 Å². The van der Waals surface area contributed by atoms with Crippen molar-refractivity contribution in [3.05, 3.63) is 0 Å². The molecule has 1 heterocycles. The summed E-state index contributed by atoms with van der Waals surface area (Å²) in [6.07, 6.45) is 2.65. The summed E-state index contributed by atoms with van der Waals surface area (Å²) in [5, 5.41) is 0. The first-order valence-electron chi connectivity index (χ1n) is 6.46. The van der Waals surface area contributed by atoms with Crippen molar-refractivity contribution in [2.45, 2.75) is 45.7 Å². The lowest BCUT2D eigenvalue weighted by atomic mass is 9.85. The Morgan fingerprint density at radius 3 is 2.44 bits per heavy atom. The summed E-state index contributed by atoms with van der Waals surface area (Å²) in [5.41, 5.74) is 6.26. The number of hydrogen-bond donors (Lipinski definition) is 1. The highest BCUT2D eigenvalue weighted by molar-refractivity contribution is 4.92. The van der Waals surface area contributed by atoms with Crippen LogP contribution in [0.15, 0.2) is 0 Å². The van der Waals surface area contributed by atoms with E-state index in [1.807, 2.05) is 0 Å². The monoisotopic (exact) mass is 227 g/mol. The van der Waals surface area contributed by atoms with Crippen molar-refractivity contribution in [3.63, 3.8) is 0 Å². The van der Waals surface area contributed by atoms with Crippen molar-refractivity contribution < 1.29 is 0 Å². The van der Waals surface area contributed by atoms with Crippen LogP contribution in [0.3, 0.4) is 0 Å². The van der Waals surface area contributed by atoms with Gasteiger partial charge in [0.2, 0.25) is 0 Å². The number of hydrogen-bond acceptors (Lipinski definition) is 3. The van der Waals surface area contributed by atoms with Crippen LogP contribution >= 0.6 is 0 Å². The van der Waals surface area contributed by atoms with Gasteiger partial charge in [0.25, 0.3) is 0 Å².